The molecule has 0 aliphatic heterocycles. The highest BCUT2D eigenvalue weighted by Gasteiger charge is 2.02. The lowest BCUT2D eigenvalue weighted by Gasteiger charge is -2.33. The largest absolute Gasteiger partial charge is 0.758 e. The van der Waals surface area contributed by atoms with Crippen molar-refractivity contribution in [3.05, 3.63) is 94.3 Å². The molecule has 128 valence electrons. The number of rotatable bonds is 5. The Morgan fingerprint density at radius 1 is 0.720 bits per heavy atom. The van der Waals surface area contributed by atoms with Crippen LogP contribution in [0.2, 0.25) is 0 Å². The summed E-state index contributed by atoms with van der Waals surface area (Å²) in [7, 11) is 0. The molecule has 1 N–H and O–H groups in total. The van der Waals surface area contributed by atoms with Crippen molar-refractivity contribution in [1.29, 1.82) is 0 Å². The van der Waals surface area contributed by atoms with Gasteiger partial charge in [-0.25, -0.2) is 0 Å². The van der Waals surface area contributed by atoms with Gasteiger partial charge >= 0.3 is 0 Å². The first-order valence-electron chi connectivity index (χ1n) is 7.89. The van der Waals surface area contributed by atoms with Crippen molar-refractivity contribution in [2.75, 3.05) is 10.1 Å². The van der Waals surface area contributed by atoms with Crippen LogP contribution >= 0.6 is 0 Å². The van der Waals surface area contributed by atoms with Crippen LogP contribution in [-0.2, 0) is 6.54 Å². The molecule has 3 rings (SSSR count). The minimum absolute atomic E-state index is 0.164. The Morgan fingerprint density at radius 3 is 1.76 bits per heavy atom. The summed E-state index contributed by atoms with van der Waals surface area (Å²) in [5.41, 5.74) is 3.35. The highest BCUT2D eigenvalue weighted by atomic mass is 16.5. The van der Waals surface area contributed by atoms with Gasteiger partial charge in [-0.15, -0.1) is 0 Å². The molecule has 0 aliphatic rings. The van der Waals surface area contributed by atoms with Crippen LogP contribution in [0.4, 0.5) is 17.1 Å². The number of nitrogens with zero attached hydrogens (tertiary/aromatic N) is 2. The standard InChI is InChI=1S/C20H18N2O3/c1-15-2-6-18(7-3-15)22(25)19-10-8-17(9-11-19)21(24)14-16-4-12-20(23)13-5-16/h2-13,23H,14H2,1H3/q-2. The van der Waals surface area contributed by atoms with Crippen molar-refractivity contribution in [2.24, 2.45) is 0 Å². The molecule has 0 aromatic heterocycles. The molecule has 0 spiro atoms. The summed E-state index contributed by atoms with van der Waals surface area (Å²) in [5, 5.41) is 35.6. The maximum absolute atomic E-state index is 12.4. The fourth-order valence-corrected chi connectivity index (χ4v) is 2.44. The zero-order chi connectivity index (χ0) is 17.8. The van der Waals surface area contributed by atoms with Gasteiger partial charge in [0.25, 0.3) is 0 Å². The van der Waals surface area contributed by atoms with Gasteiger partial charge in [0.15, 0.2) is 0 Å². The minimum Gasteiger partial charge on any atom is -0.758 e. The molecule has 0 fully saturated rings. The molecule has 0 aliphatic carbocycles. The summed E-state index contributed by atoms with van der Waals surface area (Å²) >= 11 is 0. The van der Waals surface area contributed by atoms with E-state index < -0.39 is 0 Å². The van der Waals surface area contributed by atoms with E-state index in [1.54, 1.807) is 60.7 Å². The summed E-state index contributed by atoms with van der Waals surface area (Å²) in [4.78, 5) is 0. The predicted molar refractivity (Wildman–Crippen MR) is 101 cm³/mol. The van der Waals surface area contributed by atoms with E-state index in [0.717, 1.165) is 21.3 Å². The molecule has 3 aromatic rings. The Balaban J connectivity index is 1.70. The highest BCUT2D eigenvalue weighted by Crippen LogP contribution is 2.27. The van der Waals surface area contributed by atoms with E-state index in [1.807, 2.05) is 19.1 Å². The topological polar surface area (TPSA) is 72.8 Å². The normalized spacial score (nSPS) is 10.5. The minimum atomic E-state index is 0.164. The van der Waals surface area contributed by atoms with E-state index in [4.69, 9.17) is 0 Å². The zero-order valence-electron chi connectivity index (χ0n) is 13.8. The van der Waals surface area contributed by atoms with Crippen LogP contribution in [0.1, 0.15) is 11.1 Å². The number of anilines is 3. The van der Waals surface area contributed by atoms with Crippen LogP contribution in [0, 0.1) is 17.3 Å². The third kappa shape index (κ3) is 4.09. The number of phenols is 1. The molecule has 0 unspecified atom stereocenters. The smallest absolute Gasteiger partial charge is 0.115 e. The fraction of sp³-hybridized carbons (Fsp3) is 0.100. The first-order valence-corrected chi connectivity index (χ1v) is 7.89. The van der Waals surface area contributed by atoms with Crippen LogP contribution in [0.5, 0.6) is 5.75 Å². The van der Waals surface area contributed by atoms with Crippen molar-refractivity contribution in [2.45, 2.75) is 13.5 Å². The molecule has 5 nitrogen and oxygen atoms in total. The molecule has 0 saturated heterocycles. The number of benzene rings is 3. The van der Waals surface area contributed by atoms with Crippen LogP contribution in [0.15, 0.2) is 72.8 Å². The molecule has 0 radical (unpaired) electrons. The molecular formula is C20H18N2O3-2. The van der Waals surface area contributed by atoms with Gasteiger partial charge in [0.05, 0.1) is 0 Å². The second kappa shape index (κ2) is 7.25. The molecule has 0 bridgehead atoms. The van der Waals surface area contributed by atoms with E-state index in [0.29, 0.717) is 17.1 Å². The SMILES string of the molecule is Cc1ccc(N([O-])c2ccc(N([O-])Cc3ccc(O)cc3)cc2)cc1. The Bertz CT molecular complexity index is 815. The monoisotopic (exact) mass is 334 g/mol. The lowest BCUT2D eigenvalue weighted by atomic mass is 10.2. The third-order valence-corrected chi connectivity index (χ3v) is 3.90. The first-order chi connectivity index (χ1) is 12.0. The quantitative estimate of drug-likeness (QED) is 0.676. The van der Waals surface area contributed by atoms with Gasteiger partial charge in [-0.05, 0) is 61.0 Å². The van der Waals surface area contributed by atoms with E-state index in [9.17, 15) is 15.5 Å². The summed E-state index contributed by atoms with van der Waals surface area (Å²) in [6, 6.07) is 20.3. The molecule has 3 aromatic carbocycles. The first kappa shape index (κ1) is 16.8. The molecule has 0 heterocycles. The molecule has 25 heavy (non-hydrogen) atoms. The van der Waals surface area contributed by atoms with Crippen molar-refractivity contribution >= 4 is 17.1 Å². The summed E-state index contributed by atoms with van der Waals surface area (Å²) in [6.07, 6.45) is 0. The second-order valence-corrected chi connectivity index (χ2v) is 5.85. The number of aromatic hydroxyl groups is 1. The van der Waals surface area contributed by atoms with Gasteiger partial charge < -0.3 is 25.6 Å². The van der Waals surface area contributed by atoms with Crippen LogP contribution < -0.4 is 10.1 Å². The van der Waals surface area contributed by atoms with E-state index in [-0.39, 0.29) is 12.3 Å². The third-order valence-electron chi connectivity index (χ3n) is 3.90. The average molecular weight is 334 g/mol. The van der Waals surface area contributed by atoms with Gasteiger partial charge in [-0.3, -0.25) is 0 Å². The van der Waals surface area contributed by atoms with E-state index in [1.165, 1.54) is 0 Å². The van der Waals surface area contributed by atoms with Crippen LogP contribution in [0.3, 0.4) is 0 Å². The van der Waals surface area contributed by atoms with E-state index in [2.05, 4.69) is 0 Å². The van der Waals surface area contributed by atoms with Gasteiger partial charge in [0, 0.05) is 23.6 Å². The molecule has 0 atom stereocenters. The molecule has 0 amide bonds. The number of hydrogen-bond donors (Lipinski definition) is 1. The highest BCUT2D eigenvalue weighted by molar-refractivity contribution is 5.66. The fourth-order valence-electron chi connectivity index (χ4n) is 2.44. The van der Waals surface area contributed by atoms with Crippen LogP contribution in [0.25, 0.3) is 0 Å². The average Bonchev–Trinajstić information content (AvgIpc) is 2.64. The molecule has 0 saturated carbocycles. The maximum Gasteiger partial charge on any atom is 0.115 e. The number of hydrogen-bond acceptors (Lipinski definition) is 5. The molecule has 5 heteroatoms. The van der Waals surface area contributed by atoms with Gasteiger partial charge in [0.1, 0.15) is 5.75 Å². The van der Waals surface area contributed by atoms with Gasteiger partial charge in [-0.2, -0.15) is 0 Å². The second-order valence-electron chi connectivity index (χ2n) is 5.85. The number of phenolic OH excluding ortho intramolecular Hbond substituents is 1. The number of aryl methyl sites for hydroxylation is 1. The van der Waals surface area contributed by atoms with E-state index >= 15 is 0 Å². The predicted octanol–water partition coefficient (Wildman–Crippen LogP) is 4.84. The Kier molecular flexibility index (Phi) is 4.88. The van der Waals surface area contributed by atoms with Crippen molar-refractivity contribution in [1.82, 2.24) is 0 Å². The lowest BCUT2D eigenvalue weighted by molar-refractivity contribution is 0.475. The number of hydroxylamine groups is 1. The van der Waals surface area contributed by atoms with Crippen molar-refractivity contribution in [3.63, 3.8) is 0 Å². The maximum atomic E-state index is 12.4. The van der Waals surface area contributed by atoms with Gasteiger partial charge in [0.2, 0.25) is 0 Å². The summed E-state index contributed by atoms with van der Waals surface area (Å²) in [6.45, 7) is 2.13. The van der Waals surface area contributed by atoms with Gasteiger partial charge in [-0.1, -0.05) is 29.8 Å². The van der Waals surface area contributed by atoms with Crippen molar-refractivity contribution in [3.8, 4) is 5.75 Å². The molecular weight excluding hydrogens is 316 g/mol. The van der Waals surface area contributed by atoms with Crippen molar-refractivity contribution < 1.29 is 5.11 Å². The summed E-state index contributed by atoms with van der Waals surface area (Å²) in [5.74, 6) is 0.164. The Labute approximate surface area is 146 Å². The lowest BCUT2D eigenvalue weighted by Crippen LogP contribution is -2.14. The van der Waals surface area contributed by atoms with Crippen LogP contribution in [-0.4, -0.2) is 5.11 Å². The summed E-state index contributed by atoms with van der Waals surface area (Å²) < 4.78 is 0. The Morgan fingerprint density at radius 2 is 1.20 bits per heavy atom. The zero-order valence-corrected chi connectivity index (χ0v) is 13.8. The Hall–Kier alpha value is -3.02.